The highest BCUT2D eigenvalue weighted by atomic mass is 16.5. The molecule has 0 bridgehead atoms. The number of nitrogens with zero attached hydrogens (tertiary/aromatic N) is 2. The Kier molecular flexibility index (Phi) is 2.59. The molecule has 1 aromatic heterocycles. The van der Waals surface area contributed by atoms with E-state index in [4.69, 9.17) is 10.00 Å². The van der Waals surface area contributed by atoms with Crippen molar-refractivity contribution in [2.24, 2.45) is 0 Å². The van der Waals surface area contributed by atoms with Crippen LogP contribution in [-0.4, -0.2) is 11.1 Å². The third-order valence-electron chi connectivity index (χ3n) is 2.52. The van der Waals surface area contributed by atoms with E-state index in [0.717, 1.165) is 18.5 Å². The third kappa shape index (κ3) is 2.33. The van der Waals surface area contributed by atoms with Gasteiger partial charge in [0.25, 0.3) is 0 Å². The van der Waals surface area contributed by atoms with Crippen molar-refractivity contribution in [3.05, 3.63) is 23.5 Å². The molecule has 1 aliphatic rings. The number of nitriles is 1. The van der Waals surface area contributed by atoms with Gasteiger partial charge in [-0.15, -0.1) is 0 Å². The Labute approximate surface area is 96.1 Å². The standard InChI is InChI=1S/C13H16N2O/c1-13(2,3)12-9(7-14)6-11(8-15-12)16-10-4-5-10/h6,8,10H,4-5H2,1-3H3. The van der Waals surface area contributed by atoms with Gasteiger partial charge in [-0.3, -0.25) is 4.98 Å². The van der Waals surface area contributed by atoms with Crippen LogP contribution in [0.15, 0.2) is 12.3 Å². The van der Waals surface area contributed by atoms with E-state index in [2.05, 4.69) is 31.8 Å². The van der Waals surface area contributed by atoms with E-state index in [-0.39, 0.29) is 5.41 Å². The van der Waals surface area contributed by atoms with E-state index < -0.39 is 0 Å². The van der Waals surface area contributed by atoms with Gasteiger partial charge in [0.05, 0.1) is 23.6 Å². The highest BCUT2D eigenvalue weighted by molar-refractivity contribution is 5.41. The molecule has 1 aliphatic carbocycles. The summed E-state index contributed by atoms with van der Waals surface area (Å²) < 4.78 is 5.62. The summed E-state index contributed by atoms with van der Waals surface area (Å²) in [5, 5.41) is 9.11. The fourth-order valence-corrected chi connectivity index (χ4v) is 1.57. The van der Waals surface area contributed by atoms with Crippen molar-refractivity contribution < 1.29 is 4.74 Å². The van der Waals surface area contributed by atoms with Crippen LogP contribution in [0.2, 0.25) is 0 Å². The molecule has 3 heteroatoms. The molecule has 0 amide bonds. The Bertz CT molecular complexity index is 436. The van der Waals surface area contributed by atoms with Crippen LogP contribution >= 0.6 is 0 Å². The first-order chi connectivity index (χ1) is 7.50. The summed E-state index contributed by atoms with van der Waals surface area (Å²) in [6.45, 7) is 6.16. The van der Waals surface area contributed by atoms with Crippen LogP contribution in [0.3, 0.4) is 0 Å². The molecule has 1 heterocycles. The summed E-state index contributed by atoms with van der Waals surface area (Å²) in [6, 6.07) is 3.99. The minimum Gasteiger partial charge on any atom is -0.489 e. The lowest BCUT2D eigenvalue weighted by Crippen LogP contribution is -2.15. The molecule has 1 aromatic rings. The maximum absolute atomic E-state index is 9.11. The quantitative estimate of drug-likeness (QED) is 0.763. The molecule has 3 nitrogen and oxygen atoms in total. The van der Waals surface area contributed by atoms with Gasteiger partial charge >= 0.3 is 0 Å². The zero-order valence-corrected chi connectivity index (χ0v) is 9.95. The molecular formula is C13H16N2O. The van der Waals surface area contributed by atoms with E-state index >= 15 is 0 Å². The second-order valence-corrected chi connectivity index (χ2v) is 5.25. The number of hydrogen-bond acceptors (Lipinski definition) is 3. The van der Waals surface area contributed by atoms with E-state index in [1.54, 1.807) is 12.3 Å². The predicted molar refractivity (Wildman–Crippen MR) is 61.3 cm³/mol. The van der Waals surface area contributed by atoms with Gasteiger partial charge < -0.3 is 4.74 Å². The molecule has 1 fully saturated rings. The molecule has 2 rings (SSSR count). The molecule has 0 unspecified atom stereocenters. The summed E-state index contributed by atoms with van der Waals surface area (Å²) in [6.07, 6.45) is 4.29. The summed E-state index contributed by atoms with van der Waals surface area (Å²) in [5.41, 5.74) is 1.34. The van der Waals surface area contributed by atoms with E-state index in [9.17, 15) is 0 Å². The van der Waals surface area contributed by atoms with Crippen LogP contribution in [0, 0.1) is 11.3 Å². The Morgan fingerprint density at radius 2 is 2.12 bits per heavy atom. The van der Waals surface area contributed by atoms with Gasteiger partial charge in [-0.25, -0.2) is 0 Å². The van der Waals surface area contributed by atoms with Crippen LogP contribution in [0.25, 0.3) is 0 Å². The largest absolute Gasteiger partial charge is 0.489 e. The first-order valence-corrected chi connectivity index (χ1v) is 5.58. The average molecular weight is 216 g/mol. The Balaban J connectivity index is 2.31. The molecule has 84 valence electrons. The van der Waals surface area contributed by atoms with Crippen molar-refractivity contribution in [3.8, 4) is 11.8 Å². The fraction of sp³-hybridized carbons (Fsp3) is 0.538. The van der Waals surface area contributed by atoms with E-state index in [0.29, 0.717) is 17.4 Å². The number of pyridine rings is 1. The van der Waals surface area contributed by atoms with E-state index in [1.807, 2.05) is 0 Å². The normalized spacial score (nSPS) is 15.6. The van der Waals surface area contributed by atoms with Crippen LogP contribution in [0.4, 0.5) is 0 Å². The highest BCUT2D eigenvalue weighted by Crippen LogP contribution is 2.29. The van der Waals surface area contributed by atoms with Gasteiger partial charge in [0, 0.05) is 11.5 Å². The second-order valence-electron chi connectivity index (χ2n) is 5.25. The highest BCUT2D eigenvalue weighted by Gasteiger charge is 2.25. The maximum atomic E-state index is 9.11. The molecule has 0 spiro atoms. The lowest BCUT2D eigenvalue weighted by Gasteiger charge is -2.19. The summed E-state index contributed by atoms with van der Waals surface area (Å²) in [5.74, 6) is 0.715. The van der Waals surface area contributed by atoms with Crippen LogP contribution in [0.1, 0.15) is 44.9 Å². The van der Waals surface area contributed by atoms with E-state index in [1.165, 1.54) is 0 Å². The minimum atomic E-state index is -0.108. The van der Waals surface area contributed by atoms with Gasteiger partial charge in [0.2, 0.25) is 0 Å². The Morgan fingerprint density at radius 3 is 2.62 bits per heavy atom. The molecule has 1 saturated carbocycles. The molecule has 0 saturated heterocycles. The molecule has 0 atom stereocenters. The number of rotatable bonds is 2. The van der Waals surface area contributed by atoms with Gasteiger partial charge in [-0.05, 0) is 12.8 Å². The van der Waals surface area contributed by atoms with Crippen molar-refractivity contribution in [2.45, 2.75) is 45.1 Å². The Morgan fingerprint density at radius 1 is 1.44 bits per heavy atom. The number of hydrogen-bond donors (Lipinski definition) is 0. The topological polar surface area (TPSA) is 45.9 Å². The van der Waals surface area contributed by atoms with Crippen molar-refractivity contribution in [1.29, 1.82) is 5.26 Å². The number of aromatic nitrogens is 1. The lowest BCUT2D eigenvalue weighted by molar-refractivity contribution is 0.301. The van der Waals surface area contributed by atoms with Gasteiger partial charge in [0.1, 0.15) is 11.8 Å². The number of ether oxygens (including phenoxy) is 1. The first-order valence-electron chi connectivity index (χ1n) is 5.58. The molecular weight excluding hydrogens is 200 g/mol. The monoisotopic (exact) mass is 216 g/mol. The first kappa shape index (κ1) is 10.9. The molecule has 16 heavy (non-hydrogen) atoms. The zero-order valence-electron chi connectivity index (χ0n) is 9.95. The van der Waals surface area contributed by atoms with Crippen LogP contribution < -0.4 is 4.74 Å². The summed E-state index contributed by atoms with van der Waals surface area (Å²) >= 11 is 0. The molecule has 0 radical (unpaired) electrons. The van der Waals surface area contributed by atoms with Gasteiger partial charge in [-0.1, -0.05) is 20.8 Å². The van der Waals surface area contributed by atoms with Crippen molar-refractivity contribution in [1.82, 2.24) is 4.98 Å². The average Bonchev–Trinajstić information content (AvgIpc) is 3.00. The van der Waals surface area contributed by atoms with Crippen LogP contribution in [0.5, 0.6) is 5.75 Å². The fourth-order valence-electron chi connectivity index (χ4n) is 1.57. The summed E-state index contributed by atoms with van der Waals surface area (Å²) in [7, 11) is 0. The summed E-state index contributed by atoms with van der Waals surface area (Å²) in [4.78, 5) is 4.35. The van der Waals surface area contributed by atoms with Gasteiger partial charge in [-0.2, -0.15) is 5.26 Å². The third-order valence-corrected chi connectivity index (χ3v) is 2.52. The Hall–Kier alpha value is -1.56. The predicted octanol–water partition coefficient (Wildman–Crippen LogP) is 2.79. The van der Waals surface area contributed by atoms with Crippen molar-refractivity contribution in [2.75, 3.05) is 0 Å². The van der Waals surface area contributed by atoms with Crippen LogP contribution in [-0.2, 0) is 5.41 Å². The lowest BCUT2D eigenvalue weighted by atomic mass is 9.89. The maximum Gasteiger partial charge on any atom is 0.139 e. The smallest absolute Gasteiger partial charge is 0.139 e. The van der Waals surface area contributed by atoms with Crippen molar-refractivity contribution in [3.63, 3.8) is 0 Å². The molecule has 0 N–H and O–H groups in total. The minimum absolute atomic E-state index is 0.108. The van der Waals surface area contributed by atoms with Gasteiger partial charge in [0.15, 0.2) is 0 Å². The SMILES string of the molecule is CC(C)(C)c1ncc(OC2CC2)cc1C#N. The molecule has 0 aromatic carbocycles. The second kappa shape index (κ2) is 3.79. The molecule has 0 aliphatic heterocycles. The van der Waals surface area contributed by atoms with Crippen molar-refractivity contribution >= 4 is 0 Å². The zero-order chi connectivity index (χ0) is 11.8.